The number of ether oxygens (including phenoxy) is 1. The summed E-state index contributed by atoms with van der Waals surface area (Å²) >= 11 is 0. The molecule has 0 aliphatic carbocycles. The van der Waals surface area contributed by atoms with Gasteiger partial charge in [0.2, 0.25) is 5.82 Å². The number of nitrogens with zero attached hydrogens (tertiary/aromatic N) is 2. The van der Waals surface area contributed by atoms with Crippen LogP contribution in [0.1, 0.15) is 44.2 Å². The van der Waals surface area contributed by atoms with E-state index in [1.807, 2.05) is 31.2 Å². The van der Waals surface area contributed by atoms with Gasteiger partial charge in [-0.3, -0.25) is 0 Å². The second-order valence-corrected chi connectivity index (χ2v) is 4.89. The zero-order valence-corrected chi connectivity index (χ0v) is 12.7. The predicted octanol–water partition coefficient (Wildman–Crippen LogP) is 3.12. The van der Waals surface area contributed by atoms with E-state index in [2.05, 4.69) is 17.1 Å². The lowest BCUT2D eigenvalue weighted by Gasteiger charge is -2.11. The van der Waals surface area contributed by atoms with Crippen LogP contribution < -0.4 is 5.73 Å². The second-order valence-electron chi connectivity index (χ2n) is 4.89. The van der Waals surface area contributed by atoms with E-state index in [4.69, 9.17) is 15.0 Å². The SMILES string of the molecule is CCCC(OCC)c1noc(-c2ccccc2CCN)n1. The Labute approximate surface area is 125 Å². The number of hydrogen-bond acceptors (Lipinski definition) is 5. The molecule has 5 heteroatoms. The smallest absolute Gasteiger partial charge is 0.258 e. The van der Waals surface area contributed by atoms with Gasteiger partial charge in [0, 0.05) is 12.2 Å². The van der Waals surface area contributed by atoms with Gasteiger partial charge in [0.05, 0.1) is 0 Å². The van der Waals surface area contributed by atoms with Crippen LogP contribution in [0.25, 0.3) is 11.5 Å². The standard InChI is InChI=1S/C16H23N3O2/c1-3-7-14(20-4-2)15-18-16(21-19-15)13-9-6-5-8-12(13)10-11-17/h5-6,8-9,14H,3-4,7,10-11,17H2,1-2H3. The maximum Gasteiger partial charge on any atom is 0.258 e. The van der Waals surface area contributed by atoms with Crippen LogP contribution in [0.5, 0.6) is 0 Å². The molecule has 21 heavy (non-hydrogen) atoms. The van der Waals surface area contributed by atoms with Crippen LogP contribution in [0.2, 0.25) is 0 Å². The molecule has 0 aliphatic rings. The molecule has 1 atom stereocenters. The van der Waals surface area contributed by atoms with Gasteiger partial charge in [-0.1, -0.05) is 36.7 Å². The van der Waals surface area contributed by atoms with Crippen molar-refractivity contribution in [2.45, 2.75) is 39.2 Å². The minimum Gasteiger partial charge on any atom is -0.370 e. The van der Waals surface area contributed by atoms with E-state index in [1.165, 1.54) is 0 Å². The molecule has 2 aromatic rings. The third-order valence-corrected chi connectivity index (χ3v) is 3.31. The molecule has 0 fully saturated rings. The van der Waals surface area contributed by atoms with E-state index in [-0.39, 0.29) is 6.10 Å². The van der Waals surface area contributed by atoms with Crippen molar-refractivity contribution >= 4 is 0 Å². The normalized spacial score (nSPS) is 12.5. The number of benzene rings is 1. The van der Waals surface area contributed by atoms with Crippen molar-refractivity contribution in [3.8, 4) is 11.5 Å². The molecular weight excluding hydrogens is 266 g/mol. The van der Waals surface area contributed by atoms with Crippen LogP contribution in [0.15, 0.2) is 28.8 Å². The van der Waals surface area contributed by atoms with Crippen molar-refractivity contribution in [2.75, 3.05) is 13.2 Å². The Balaban J connectivity index is 2.26. The maximum absolute atomic E-state index is 5.69. The second kappa shape index (κ2) is 7.90. The van der Waals surface area contributed by atoms with Crippen molar-refractivity contribution in [2.24, 2.45) is 5.73 Å². The summed E-state index contributed by atoms with van der Waals surface area (Å²) in [6.07, 6.45) is 2.59. The highest BCUT2D eigenvalue weighted by molar-refractivity contribution is 5.58. The van der Waals surface area contributed by atoms with Gasteiger partial charge in [0.1, 0.15) is 6.10 Å². The molecule has 0 saturated heterocycles. The van der Waals surface area contributed by atoms with Crippen LogP contribution in [0.4, 0.5) is 0 Å². The summed E-state index contributed by atoms with van der Waals surface area (Å²) in [7, 11) is 0. The summed E-state index contributed by atoms with van der Waals surface area (Å²) in [5.74, 6) is 1.16. The third kappa shape index (κ3) is 3.89. The van der Waals surface area contributed by atoms with Crippen molar-refractivity contribution in [1.29, 1.82) is 0 Å². The van der Waals surface area contributed by atoms with E-state index in [9.17, 15) is 0 Å². The summed E-state index contributed by atoms with van der Waals surface area (Å²) in [5, 5.41) is 4.09. The quantitative estimate of drug-likeness (QED) is 0.808. The van der Waals surface area contributed by atoms with Crippen molar-refractivity contribution in [1.82, 2.24) is 10.1 Å². The van der Waals surface area contributed by atoms with Crippen LogP contribution in [0.3, 0.4) is 0 Å². The Morgan fingerprint density at radius 2 is 2.10 bits per heavy atom. The fourth-order valence-electron chi connectivity index (χ4n) is 2.33. The molecular formula is C16H23N3O2. The lowest BCUT2D eigenvalue weighted by Crippen LogP contribution is -2.06. The van der Waals surface area contributed by atoms with Crippen LogP contribution in [-0.4, -0.2) is 23.3 Å². The molecule has 114 valence electrons. The van der Waals surface area contributed by atoms with Gasteiger partial charge in [-0.05, 0) is 37.9 Å². The average Bonchev–Trinajstić information content (AvgIpc) is 2.97. The van der Waals surface area contributed by atoms with Gasteiger partial charge in [-0.15, -0.1) is 0 Å². The monoisotopic (exact) mass is 289 g/mol. The first-order valence-electron chi connectivity index (χ1n) is 7.53. The van der Waals surface area contributed by atoms with Gasteiger partial charge in [-0.2, -0.15) is 4.98 Å². The topological polar surface area (TPSA) is 74.2 Å². The molecule has 0 radical (unpaired) electrons. The summed E-state index contributed by atoms with van der Waals surface area (Å²) in [6, 6.07) is 7.98. The van der Waals surface area contributed by atoms with Crippen molar-refractivity contribution < 1.29 is 9.26 Å². The molecule has 1 aromatic heterocycles. The highest BCUT2D eigenvalue weighted by atomic mass is 16.5. The predicted molar refractivity (Wildman–Crippen MR) is 81.8 cm³/mol. The molecule has 2 rings (SSSR count). The van der Waals surface area contributed by atoms with Gasteiger partial charge < -0.3 is 15.0 Å². The van der Waals surface area contributed by atoms with Crippen molar-refractivity contribution in [3.05, 3.63) is 35.7 Å². The molecule has 1 heterocycles. The molecule has 1 unspecified atom stereocenters. The zero-order valence-electron chi connectivity index (χ0n) is 12.7. The van der Waals surface area contributed by atoms with Crippen LogP contribution >= 0.6 is 0 Å². The van der Waals surface area contributed by atoms with Crippen molar-refractivity contribution in [3.63, 3.8) is 0 Å². The first kappa shape index (κ1) is 15.7. The molecule has 5 nitrogen and oxygen atoms in total. The molecule has 0 amide bonds. The molecule has 0 bridgehead atoms. The summed E-state index contributed by atoms with van der Waals surface area (Å²) in [6.45, 7) is 5.32. The number of rotatable bonds is 8. The molecule has 0 spiro atoms. The number of hydrogen-bond donors (Lipinski definition) is 1. The number of nitrogens with two attached hydrogens (primary N) is 1. The van der Waals surface area contributed by atoms with Gasteiger partial charge >= 0.3 is 0 Å². The summed E-state index contributed by atoms with van der Waals surface area (Å²) < 4.78 is 11.1. The third-order valence-electron chi connectivity index (χ3n) is 3.31. The minimum absolute atomic E-state index is 0.0980. The van der Waals surface area contributed by atoms with Gasteiger partial charge in [0.25, 0.3) is 5.89 Å². The van der Waals surface area contributed by atoms with E-state index in [0.717, 1.165) is 30.4 Å². The highest BCUT2D eigenvalue weighted by Crippen LogP contribution is 2.26. The fourth-order valence-corrected chi connectivity index (χ4v) is 2.33. The Bertz CT molecular complexity index is 548. The lowest BCUT2D eigenvalue weighted by atomic mass is 10.0. The molecule has 0 aliphatic heterocycles. The van der Waals surface area contributed by atoms with E-state index in [1.54, 1.807) is 0 Å². The van der Waals surface area contributed by atoms with Crippen LogP contribution in [0, 0.1) is 0 Å². The first-order chi connectivity index (χ1) is 10.3. The molecule has 1 aromatic carbocycles. The van der Waals surface area contributed by atoms with Gasteiger partial charge in [0.15, 0.2) is 0 Å². The Morgan fingerprint density at radius 1 is 1.29 bits per heavy atom. The Morgan fingerprint density at radius 3 is 2.81 bits per heavy atom. The largest absolute Gasteiger partial charge is 0.370 e. The first-order valence-corrected chi connectivity index (χ1v) is 7.53. The average molecular weight is 289 g/mol. The molecule has 2 N–H and O–H groups in total. The minimum atomic E-state index is -0.0980. The summed E-state index contributed by atoms with van der Waals surface area (Å²) in [4.78, 5) is 4.52. The van der Waals surface area contributed by atoms with E-state index in [0.29, 0.717) is 24.9 Å². The fraction of sp³-hybridized carbons (Fsp3) is 0.500. The van der Waals surface area contributed by atoms with Gasteiger partial charge in [-0.25, -0.2) is 0 Å². The maximum atomic E-state index is 5.69. The highest BCUT2D eigenvalue weighted by Gasteiger charge is 2.19. The van der Waals surface area contributed by atoms with E-state index < -0.39 is 0 Å². The van der Waals surface area contributed by atoms with E-state index >= 15 is 0 Å². The Kier molecular flexibility index (Phi) is 5.90. The zero-order chi connectivity index (χ0) is 15.1. The lowest BCUT2D eigenvalue weighted by molar-refractivity contribution is 0.0478. The number of aromatic nitrogens is 2. The summed E-state index contributed by atoms with van der Waals surface area (Å²) in [5.41, 5.74) is 7.73. The molecule has 0 saturated carbocycles. The van der Waals surface area contributed by atoms with Crippen LogP contribution in [-0.2, 0) is 11.2 Å². The Hall–Kier alpha value is -1.72.